The van der Waals surface area contributed by atoms with E-state index in [9.17, 15) is 13.9 Å². The number of fused-ring (bicyclic) bond motifs is 5. The number of aliphatic hydroxyl groups is 1. The lowest BCUT2D eigenvalue weighted by atomic mass is 9.77. The normalized spacial score (nSPS) is 28.0. The van der Waals surface area contributed by atoms with Gasteiger partial charge in [-0.1, -0.05) is 19.9 Å². The fourth-order valence-corrected chi connectivity index (χ4v) is 4.15. The van der Waals surface area contributed by atoms with Gasteiger partial charge in [-0.15, -0.1) is 5.10 Å². The molecule has 3 nitrogen and oxygen atoms in total. The molecule has 2 atom stereocenters. The van der Waals surface area contributed by atoms with Crippen LogP contribution in [0.15, 0.2) is 24.3 Å². The van der Waals surface area contributed by atoms with Gasteiger partial charge in [0.15, 0.2) is 0 Å². The van der Waals surface area contributed by atoms with Crippen LogP contribution in [0.5, 0.6) is 0 Å². The molecule has 4 rings (SSSR count). The van der Waals surface area contributed by atoms with E-state index in [1.54, 1.807) is 6.07 Å². The molecule has 0 saturated heterocycles. The molecule has 1 saturated carbocycles. The van der Waals surface area contributed by atoms with Crippen molar-refractivity contribution in [2.45, 2.75) is 38.2 Å². The summed E-state index contributed by atoms with van der Waals surface area (Å²) < 4.78 is 27.9. The molecule has 0 radical (unpaired) electrons. The average Bonchev–Trinajstić information content (AvgIpc) is 2.78. The zero-order valence-corrected chi connectivity index (χ0v) is 12.4. The molecule has 1 fully saturated rings. The second kappa shape index (κ2) is 4.10. The molecule has 2 aliphatic carbocycles. The maximum Gasteiger partial charge on any atom is 0.135 e. The lowest BCUT2D eigenvalue weighted by molar-refractivity contribution is -0.0447. The van der Waals surface area contributed by atoms with Crippen molar-refractivity contribution >= 4 is 0 Å². The Kier molecular flexibility index (Phi) is 2.57. The summed E-state index contributed by atoms with van der Waals surface area (Å²) in [6.45, 7) is 4.02. The van der Waals surface area contributed by atoms with Crippen LogP contribution in [0.2, 0.25) is 0 Å². The van der Waals surface area contributed by atoms with E-state index in [-0.39, 0.29) is 22.6 Å². The fourth-order valence-electron chi connectivity index (χ4n) is 4.15. The third-order valence-electron chi connectivity index (χ3n) is 5.54. The van der Waals surface area contributed by atoms with Gasteiger partial charge in [-0.3, -0.25) is 0 Å². The molecule has 2 bridgehead atoms. The zero-order chi connectivity index (χ0) is 15.7. The third-order valence-corrected chi connectivity index (χ3v) is 5.54. The van der Waals surface area contributed by atoms with Crippen molar-refractivity contribution in [3.8, 4) is 11.3 Å². The highest BCUT2D eigenvalue weighted by atomic mass is 19.1. The van der Waals surface area contributed by atoms with Gasteiger partial charge < -0.3 is 5.11 Å². The summed E-state index contributed by atoms with van der Waals surface area (Å²) in [5.41, 5.74) is 0.121. The molecule has 2 aliphatic rings. The number of halogens is 2. The summed E-state index contributed by atoms with van der Waals surface area (Å²) in [7, 11) is 0. The highest BCUT2D eigenvalue weighted by Crippen LogP contribution is 2.66. The topological polar surface area (TPSA) is 46.0 Å². The van der Waals surface area contributed by atoms with Gasteiger partial charge in [0.25, 0.3) is 0 Å². The van der Waals surface area contributed by atoms with E-state index in [1.165, 1.54) is 18.2 Å². The Labute approximate surface area is 127 Å². The monoisotopic (exact) mass is 302 g/mol. The van der Waals surface area contributed by atoms with Gasteiger partial charge in [0.05, 0.1) is 17.0 Å². The Morgan fingerprint density at radius 2 is 1.86 bits per heavy atom. The van der Waals surface area contributed by atoms with Gasteiger partial charge in [0.1, 0.15) is 17.2 Å². The smallest absolute Gasteiger partial charge is 0.135 e. The molecule has 0 unspecified atom stereocenters. The Hall–Kier alpha value is -1.88. The molecular formula is C17H16F2N2O. The van der Waals surface area contributed by atoms with Crippen LogP contribution in [-0.4, -0.2) is 15.3 Å². The average molecular weight is 302 g/mol. The minimum absolute atomic E-state index is 0.136. The Morgan fingerprint density at radius 1 is 1.18 bits per heavy atom. The van der Waals surface area contributed by atoms with Crippen LogP contribution >= 0.6 is 0 Å². The van der Waals surface area contributed by atoms with E-state index in [0.29, 0.717) is 12.1 Å². The van der Waals surface area contributed by atoms with Crippen LogP contribution in [0.3, 0.4) is 0 Å². The number of aromatic nitrogens is 2. The van der Waals surface area contributed by atoms with Crippen molar-refractivity contribution in [1.82, 2.24) is 10.2 Å². The third kappa shape index (κ3) is 1.47. The standard InChI is InChI=1S/C17H16F2N2O/c1-16(2)10-6-7-17(16,22)15-9(10)8-13(20-21-15)14-11(18)4-3-5-12(14)19/h3-5,8,10,22H,6-7H2,1-2H3/t10-,17+/m0/s1. The Bertz CT molecular complexity index is 770. The molecule has 2 aromatic rings. The van der Waals surface area contributed by atoms with E-state index in [0.717, 1.165) is 12.0 Å². The quantitative estimate of drug-likeness (QED) is 0.876. The molecule has 5 heteroatoms. The van der Waals surface area contributed by atoms with Gasteiger partial charge in [0, 0.05) is 5.41 Å². The second-order valence-corrected chi connectivity index (χ2v) is 6.80. The van der Waals surface area contributed by atoms with E-state index < -0.39 is 17.2 Å². The zero-order valence-electron chi connectivity index (χ0n) is 12.4. The molecule has 0 aliphatic heterocycles. The van der Waals surface area contributed by atoms with Crippen LogP contribution in [0, 0.1) is 17.0 Å². The van der Waals surface area contributed by atoms with E-state index in [4.69, 9.17) is 0 Å². The van der Waals surface area contributed by atoms with Crippen molar-refractivity contribution < 1.29 is 13.9 Å². The summed E-state index contributed by atoms with van der Waals surface area (Å²) in [5.74, 6) is -1.18. The van der Waals surface area contributed by atoms with E-state index in [2.05, 4.69) is 10.2 Å². The first-order valence-electron chi connectivity index (χ1n) is 7.41. The molecular weight excluding hydrogens is 286 g/mol. The van der Waals surface area contributed by atoms with E-state index in [1.807, 2.05) is 13.8 Å². The van der Waals surface area contributed by atoms with Gasteiger partial charge in [-0.25, -0.2) is 8.78 Å². The lowest BCUT2D eigenvalue weighted by Gasteiger charge is -2.32. The predicted octanol–water partition coefficient (Wildman–Crippen LogP) is 3.53. The first kappa shape index (κ1) is 13.8. The maximum absolute atomic E-state index is 13.9. The van der Waals surface area contributed by atoms with Crippen LogP contribution in [0.4, 0.5) is 8.78 Å². The van der Waals surface area contributed by atoms with E-state index >= 15 is 0 Å². The first-order valence-corrected chi connectivity index (χ1v) is 7.41. The number of hydrogen-bond donors (Lipinski definition) is 1. The highest BCUT2D eigenvalue weighted by molar-refractivity contribution is 5.62. The van der Waals surface area contributed by atoms with Crippen LogP contribution in [0.1, 0.15) is 43.9 Å². The minimum Gasteiger partial charge on any atom is -0.383 e. The minimum atomic E-state index is -0.994. The largest absolute Gasteiger partial charge is 0.383 e. The van der Waals surface area contributed by atoms with Crippen molar-refractivity contribution in [2.75, 3.05) is 0 Å². The molecule has 114 valence electrons. The highest BCUT2D eigenvalue weighted by Gasteiger charge is 2.62. The van der Waals surface area contributed by atoms with Crippen molar-refractivity contribution in [2.24, 2.45) is 5.41 Å². The summed E-state index contributed by atoms with van der Waals surface area (Å²) in [6, 6.07) is 5.42. The molecule has 0 spiro atoms. The SMILES string of the molecule is CC1(C)[C@H]2CC[C@@]1(O)c1nnc(-c3c(F)cccc3F)cc12. The Balaban J connectivity index is 1.92. The van der Waals surface area contributed by atoms with Gasteiger partial charge in [0.2, 0.25) is 0 Å². The molecule has 1 N–H and O–H groups in total. The number of nitrogens with zero attached hydrogens (tertiary/aromatic N) is 2. The maximum atomic E-state index is 13.9. The van der Waals surface area contributed by atoms with Crippen LogP contribution in [-0.2, 0) is 5.60 Å². The molecule has 1 heterocycles. The van der Waals surface area contributed by atoms with Crippen LogP contribution in [0.25, 0.3) is 11.3 Å². The molecule has 22 heavy (non-hydrogen) atoms. The van der Waals surface area contributed by atoms with Crippen molar-refractivity contribution in [3.05, 3.63) is 47.2 Å². The predicted molar refractivity (Wildman–Crippen MR) is 77.0 cm³/mol. The fraction of sp³-hybridized carbons (Fsp3) is 0.412. The summed E-state index contributed by atoms with van der Waals surface area (Å²) in [6.07, 6.45) is 1.50. The van der Waals surface area contributed by atoms with Crippen LogP contribution < -0.4 is 0 Å². The number of rotatable bonds is 1. The molecule has 1 aromatic carbocycles. The summed E-state index contributed by atoms with van der Waals surface area (Å²) >= 11 is 0. The second-order valence-electron chi connectivity index (χ2n) is 6.80. The molecule has 1 aromatic heterocycles. The lowest BCUT2D eigenvalue weighted by Crippen LogP contribution is -2.35. The van der Waals surface area contributed by atoms with Gasteiger partial charge in [-0.2, -0.15) is 5.10 Å². The first-order chi connectivity index (χ1) is 10.4. The van der Waals surface area contributed by atoms with Gasteiger partial charge >= 0.3 is 0 Å². The summed E-state index contributed by atoms with van der Waals surface area (Å²) in [4.78, 5) is 0. The number of hydrogen-bond acceptors (Lipinski definition) is 3. The van der Waals surface area contributed by atoms with Gasteiger partial charge in [-0.05, 0) is 42.5 Å². The van der Waals surface area contributed by atoms with Crippen molar-refractivity contribution in [3.63, 3.8) is 0 Å². The number of benzene rings is 1. The molecule has 0 amide bonds. The summed E-state index contributed by atoms with van der Waals surface area (Å²) in [5, 5.41) is 19.1. The van der Waals surface area contributed by atoms with Crippen molar-refractivity contribution in [1.29, 1.82) is 0 Å². The Morgan fingerprint density at radius 3 is 2.55 bits per heavy atom.